The molecule has 4 heterocycles. The van der Waals surface area contributed by atoms with Crippen LogP contribution in [0.15, 0.2) is 103 Å². The van der Waals surface area contributed by atoms with Crippen LogP contribution in [0.2, 0.25) is 0 Å². The van der Waals surface area contributed by atoms with Crippen LogP contribution >= 0.6 is 0 Å². The first kappa shape index (κ1) is 36.2. The minimum atomic E-state index is -0.669. The number of aliphatic hydroxyl groups is 1. The van der Waals surface area contributed by atoms with E-state index in [0.29, 0.717) is 30.8 Å². The fraction of sp³-hybridized carbons (Fsp3) is 0.400. The summed E-state index contributed by atoms with van der Waals surface area (Å²) in [7, 11) is 0. The van der Waals surface area contributed by atoms with Crippen LogP contribution in [0.4, 0.5) is 15.8 Å². The Morgan fingerprint density at radius 1 is 0.855 bits per heavy atom. The van der Waals surface area contributed by atoms with Gasteiger partial charge in [0.05, 0.1) is 36.7 Å². The third kappa shape index (κ3) is 7.48. The molecule has 15 heteroatoms. The van der Waals surface area contributed by atoms with E-state index in [0.717, 1.165) is 68.3 Å². The molecule has 1 aliphatic heterocycles. The van der Waals surface area contributed by atoms with Gasteiger partial charge in [0.15, 0.2) is 0 Å². The van der Waals surface area contributed by atoms with Crippen LogP contribution in [-0.2, 0) is 12.0 Å². The smallest absolute Gasteiger partial charge is 0.350 e. The van der Waals surface area contributed by atoms with Crippen molar-refractivity contribution >= 4 is 11.4 Å². The summed E-state index contributed by atoms with van der Waals surface area (Å²) in [5.41, 5.74) is 3.60. The number of anilines is 2. The van der Waals surface area contributed by atoms with Crippen molar-refractivity contribution in [1.82, 2.24) is 43.9 Å². The van der Waals surface area contributed by atoms with Crippen molar-refractivity contribution in [3.63, 3.8) is 0 Å². The van der Waals surface area contributed by atoms with Crippen LogP contribution < -0.4 is 20.2 Å². The molecule has 0 unspecified atom stereocenters. The Balaban J connectivity index is 0.857. The lowest BCUT2D eigenvalue weighted by molar-refractivity contribution is 0.118. The number of piperazine rings is 1. The summed E-state index contributed by atoms with van der Waals surface area (Å²) in [5, 5.41) is 22.9. The lowest BCUT2D eigenvalue weighted by Crippen LogP contribution is -2.46. The van der Waals surface area contributed by atoms with E-state index in [2.05, 4.69) is 47.2 Å². The highest BCUT2D eigenvalue weighted by Gasteiger charge is 2.43. The first-order chi connectivity index (χ1) is 26.8. The predicted molar refractivity (Wildman–Crippen MR) is 206 cm³/mol. The number of halogens is 1. The van der Waals surface area contributed by atoms with E-state index in [1.165, 1.54) is 34.3 Å². The van der Waals surface area contributed by atoms with Gasteiger partial charge in [0.1, 0.15) is 43.2 Å². The first-order valence-electron chi connectivity index (χ1n) is 18.9. The molecular formula is C40H46FN11O3. The molecule has 286 valence electrons. The van der Waals surface area contributed by atoms with E-state index in [1.807, 2.05) is 55.5 Å². The van der Waals surface area contributed by atoms with Crippen LogP contribution in [0.1, 0.15) is 51.1 Å². The molecule has 3 aromatic heterocycles. The summed E-state index contributed by atoms with van der Waals surface area (Å²) in [5.74, 6) is 0.809. The van der Waals surface area contributed by atoms with E-state index in [-0.39, 0.29) is 23.5 Å². The molecule has 1 saturated carbocycles. The Bertz CT molecular complexity index is 2210. The van der Waals surface area contributed by atoms with Crippen LogP contribution in [0.5, 0.6) is 5.75 Å². The Morgan fingerprint density at radius 3 is 2.13 bits per heavy atom. The molecule has 3 aromatic carbocycles. The molecular weight excluding hydrogens is 702 g/mol. The molecule has 2 aliphatic rings. The molecule has 4 atom stereocenters. The number of hydrogen-bond donors (Lipinski definition) is 1. The molecule has 6 aromatic rings. The molecule has 0 amide bonds. The Labute approximate surface area is 318 Å². The van der Waals surface area contributed by atoms with Crippen molar-refractivity contribution in [3.05, 3.63) is 120 Å². The average Bonchev–Trinajstić information content (AvgIpc) is 4.05. The van der Waals surface area contributed by atoms with Gasteiger partial charge in [0.2, 0.25) is 0 Å². The van der Waals surface area contributed by atoms with E-state index < -0.39 is 11.5 Å². The number of aliphatic hydroxyl groups excluding tert-OH is 1. The normalized spacial score (nSPS) is 19.8. The number of aromatic nitrogens is 9. The van der Waals surface area contributed by atoms with Crippen molar-refractivity contribution < 1.29 is 14.2 Å². The van der Waals surface area contributed by atoms with Gasteiger partial charge >= 0.3 is 5.69 Å². The van der Waals surface area contributed by atoms with Crippen molar-refractivity contribution in [3.8, 4) is 17.1 Å². The van der Waals surface area contributed by atoms with Gasteiger partial charge in [-0.15, -0.1) is 0 Å². The molecule has 14 nitrogen and oxygen atoms in total. The summed E-state index contributed by atoms with van der Waals surface area (Å²) in [6.07, 6.45) is 10.2. The van der Waals surface area contributed by atoms with Crippen LogP contribution in [0.25, 0.3) is 11.4 Å². The van der Waals surface area contributed by atoms with Gasteiger partial charge in [-0.05, 0) is 105 Å². The Hall–Kier alpha value is -5.83. The highest BCUT2D eigenvalue weighted by Crippen LogP contribution is 2.46. The fourth-order valence-electron chi connectivity index (χ4n) is 8.35. The van der Waals surface area contributed by atoms with Crippen molar-refractivity contribution in [2.24, 2.45) is 5.92 Å². The van der Waals surface area contributed by atoms with Gasteiger partial charge in [-0.1, -0.05) is 13.0 Å². The standard InChI is InChI=1S/C40H46FN11O3/c1-3-38(29(2)53)52-39(54)50(28-46-52)33-6-4-31(5-7-33)47-16-18-48(19-17-47)32-8-11-35(12-9-32)55-22-30-14-15-40(21-30,23-49-26-42-24-44-49)36-13-10-34(20-37(36)41)51-27-43-25-45-51/h4-13,20,24-30,38,53H,3,14-19,21-23H2,1-2H3/t29-,30+,38+,40+/m0/s1. The van der Waals surface area contributed by atoms with Gasteiger partial charge in [-0.2, -0.15) is 15.3 Å². The summed E-state index contributed by atoms with van der Waals surface area (Å²) >= 11 is 0. The maximum absolute atomic E-state index is 15.8. The lowest BCUT2D eigenvalue weighted by atomic mass is 9.77. The number of ether oxygens (including phenoxy) is 1. The zero-order chi connectivity index (χ0) is 37.9. The number of benzene rings is 3. The second-order valence-electron chi connectivity index (χ2n) is 14.7. The number of rotatable bonds is 13. The Morgan fingerprint density at radius 2 is 1.51 bits per heavy atom. The van der Waals surface area contributed by atoms with E-state index >= 15 is 4.39 Å². The van der Waals surface area contributed by atoms with Crippen molar-refractivity contribution in [2.45, 2.75) is 63.6 Å². The fourth-order valence-corrected chi connectivity index (χ4v) is 8.35. The van der Waals surface area contributed by atoms with Crippen molar-refractivity contribution in [2.75, 3.05) is 42.6 Å². The number of nitrogens with zero attached hydrogens (tertiary/aromatic N) is 11. The molecule has 1 saturated heterocycles. The highest BCUT2D eigenvalue weighted by atomic mass is 19.1. The largest absolute Gasteiger partial charge is 0.493 e. The molecule has 0 bridgehead atoms. The zero-order valence-electron chi connectivity index (χ0n) is 31.1. The van der Waals surface area contributed by atoms with Gasteiger partial charge < -0.3 is 19.6 Å². The second-order valence-corrected chi connectivity index (χ2v) is 14.7. The van der Waals surface area contributed by atoms with Crippen LogP contribution in [0.3, 0.4) is 0 Å². The zero-order valence-corrected chi connectivity index (χ0v) is 31.1. The third-order valence-electron chi connectivity index (χ3n) is 11.3. The van der Waals surface area contributed by atoms with E-state index in [1.54, 1.807) is 28.9 Å². The lowest BCUT2D eigenvalue weighted by Gasteiger charge is -2.37. The maximum atomic E-state index is 15.8. The SMILES string of the molecule is CC[C@H]([C@H](C)O)n1ncn(-c2ccc(N3CCN(c4ccc(OC[C@@H]5CC[C@@](Cn6cncn6)(c6ccc(-n7cncn7)cc6F)C5)cc4)CC3)cc2)c1=O. The van der Waals surface area contributed by atoms with E-state index in [9.17, 15) is 9.90 Å². The van der Waals surface area contributed by atoms with Gasteiger partial charge in [-0.25, -0.2) is 33.1 Å². The summed E-state index contributed by atoms with van der Waals surface area (Å²) < 4.78 is 28.4. The van der Waals surface area contributed by atoms with Crippen LogP contribution in [0, 0.1) is 11.7 Å². The highest BCUT2D eigenvalue weighted by molar-refractivity contribution is 5.55. The summed E-state index contributed by atoms with van der Waals surface area (Å²) in [6.45, 7) is 8.17. The molecule has 0 radical (unpaired) electrons. The molecule has 1 N–H and O–H groups in total. The average molecular weight is 748 g/mol. The first-order valence-corrected chi connectivity index (χ1v) is 18.9. The molecule has 2 fully saturated rings. The van der Waals surface area contributed by atoms with Gasteiger partial charge in [0, 0.05) is 43.0 Å². The summed E-state index contributed by atoms with van der Waals surface area (Å²) in [4.78, 5) is 25.9. The van der Waals surface area contributed by atoms with E-state index in [4.69, 9.17) is 4.74 Å². The van der Waals surface area contributed by atoms with Crippen molar-refractivity contribution in [1.29, 1.82) is 0 Å². The topological polar surface area (TPSA) is 137 Å². The molecule has 8 rings (SSSR count). The quantitative estimate of drug-likeness (QED) is 0.175. The maximum Gasteiger partial charge on any atom is 0.350 e. The second kappa shape index (κ2) is 15.5. The minimum Gasteiger partial charge on any atom is -0.493 e. The third-order valence-corrected chi connectivity index (χ3v) is 11.3. The monoisotopic (exact) mass is 747 g/mol. The Kier molecular flexibility index (Phi) is 10.2. The van der Waals surface area contributed by atoms with Gasteiger partial charge in [-0.3, -0.25) is 4.68 Å². The predicted octanol–water partition coefficient (Wildman–Crippen LogP) is 4.82. The molecule has 0 spiro atoms. The molecule has 1 aliphatic carbocycles. The molecule has 55 heavy (non-hydrogen) atoms. The number of hydrogen-bond acceptors (Lipinski definition) is 10. The van der Waals surface area contributed by atoms with Gasteiger partial charge in [0.25, 0.3) is 0 Å². The minimum absolute atomic E-state index is 0.252. The van der Waals surface area contributed by atoms with Crippen LogP contribution in [-0.4, -0.2) is 87.9 Å². The summed E-state index contributed by atoms with van der Waals surface area (Å²) in [6, 6.07) is 21.2.